The van der Waals surface area contributed by atoms with E-state index in [-0.39, 0.29) is 0 Å². The van der Waals surface area contributed by atoms with Gasteiger partial charge in [0.15, 0.2) is 0 Å². The average Bonchev–Trinajstić information content (AvgIpc) is 2.53. The van der Waals surface area contributed by atoms with Gasteiger partial charge in [0, 0.05) is 18.7 Å². The van der Waals surface area contributed by atoms with E-state index in [2.05, 4.69) is 28.5 Å². The quantitative estimate of drug-likeness (QED) is 0.919. The van der Waals surface area contributed by atoms with E-state index in [4.69, 9.17) is 4.74 Å². The molecule has 1 heterocycles. The van der Waals surface area contributed by atoms with Crippen LogP contribution in [0.15, 0.2) is 42.6 Å². The van der Waals surface area contributed by atoms with Gasteiger partial charge in [-0.05, 0) is 54.7 Å². The summed E-state index contributed by atoms with van der Waals surface area (Å²) in [6, 6.07) is 12.4. The first kappa shape index (κ1) is 13.0. The molecule has 3 rings (SSSR count). The van der Waals surface area contributed by atoms with Gasteiger partial charge >= 0.3 is 0 Å². The van der Waals surface area contributed by atoms with Gasteiger partial charge in [-0.1, -0.05) is 12.1 Å². The second kappa shape index (κ2) is 5.95. The number of hydrogen-bond donors (Lipinski definition) is 1. The number of fused-ring (bicyclic) bond motifs is 1. The molecule has 3 heteroatoms. The van der Waals surface area contributed by atoms with Crippen molar-refractivity contribution in [3.8, 4) is 5.75 Å². The van der Waals surface area contributed by atoms with Crippen LogP contribution in [-0.2, 0) is 6.42 Å². The molecule has 1 atom stereocenters. The Labute approximate surface area is 120 Å². The zero-order valence-electron chi connectivity index (χ0n) is 11.8. The summed E-state index contributed by atoms with van der Waals surface area (Å²) in [5.41, 5.74) is 2.89. The van der Waals surface area contributed by atoms with Crippen molar-refractivity contribution >= 4 is 5.82 Å². The summed E-state index contributed by atoms with van der Waals surface area (Å²) in [5, 5.41) is 3.44. The zero-order valence-corrected chi connectivity index (χ0v) is 11.8. The summed E-state index contributed by atoms with van der Waals surface area (Å²) in [6.45, 7) is 0.941. The van der Waals surface area contributed by atoms with Crippen LogP contribution in [0.25, 0.3) is 0 Å². The lowest BCUT2D eigenvalue weighted by Crippen LogP contribution is -2.18. The molecule has 104 valence electrons. The first-order chi connectivity index (χ1) is 9.86. The second-order valence-electron chi connectivity index (χ2n) is 5.25. The predicted molar refractivity (Wildman–Crippen MR) is 81.4 cm³/mol. The third-order valence-corrected chi connectivity index (χ3v) is 3.98. The smallest absolute Gasteiger partial charge is 0.125 e. The molecule has 0 saturated heterocycles. The van der Waals surface area contributed by atoms with Crippen LogP contribution in [0.2, 0.25) is 0 Å². The molecule has 0 bridgehead atoms. The SMILES string of the molecule is COc1ccc2c(c1)CCCC2CNc1ccccn1. The first-order valence-electron chi connectivity index (χ1n) is 7.18. The van der Waals surface area contributed by atoms with Gasteiger partial charge in [0.1, 0.15) is 11.6 Å². The maximum Gasteiger partial charge on any atom is 0.125 e. The van der Waals surface area contributed by atoms with E-state index in [0.29, 0.717) is 5.92 Å². The van der Waals surface area contributed by atoms with Gasteiger partial charge in [-0.15, -0.1) is 0 Å². The molecule has 2 aromatic rings. The van der Waals surface area contributed by atoms with E-state index in [1.165, 1.54) is 24.0 Å². The number of ether oxygens (including phenoxy) is 1. The summed E-state index contributed by atoms with van der Waals surface area (Å²) in [4.78, 5) is 4.32. The number of aromatic nitrogens is 1. The lowest BCUT2D eigenvalue weighted by atomic mass is 9.82. The van der Waals surface area contributed by atoms with Crippen LogP contribution in [0.1, 0.15) is 29.9 Å². The van der Waals surface area contributed by atoms with Crippen LogP contribution in [0, 0.1) is 0 Å². The Hall–Kier alpha value is -2.03. The molecule has 0 saturated carbocycles. The van der Waals surface area contributed by atoms with Gasteiger partial charge < -0.3 is 10.1 Å². The summed E-state index contributed by atoms with van der Waals surface area (Å²) in [7, 11) is 1.73. The van der Waals surface area contributed by atoms with Crippen LogP contribution < -0.4 is 10.1 Å². The fourth-order valence-corrected chi connectivity index (χ4v) is 2.93. The topological polar surface area (TPSA) is 34.1 Å². The number of rotatable bonds is 4. The van der Waals surface area contributed by atoms with Crippen molar-refractivity contribution in [2.75, 3.05) is 19.0 Å². The number of anilines is 1. The van der Waals surface area contributed by atoms with E-state index >= 15 is 0 Å². The standard InChI is InChI=1S/C17H20N2O/c1-20-15-8-9-16-13(11-15)5-4-6-14(16)12-19-17-7-2-3-10-18-17/h2-3,7-11,14H,4-6,12H2,1H3,(H,18,19). The fraction of sp³-hybridized carbons (Fsp3) is 0.353. The molecule has 1 aliphatic carbocycles. The van der Waals surface area contributed by atoms with Crippen LogP contribution in [0.4, 0.5) is 5.82 Å². The number of benzene rings is 1. The molecule has 1 aliphatic rings. The Morgan fingerprint density at radius 3 is 3.05 bits per heavy atom. The molecule has 0 amide bonds. The van der Waals surface area contributed by atoms with Gasteiger partial charge in [-0.25, -0.2) is 4.98 Å². The number of pyridine rings is 1. The molecule has 0 aliphatic heterocycles. The molecule has 1 aromatic heterocycles. The number of nitrogens with zero attached hydrogens (tertiary/aromatic N) is 1. The highest BCUT2D eigenvalue weighted by Gasteiger charge is 2.20. The second-order valence-corrected chi connectivity index (χ2v) is 5.25. The highest BCUT2D eigenvalue weighted by atomic mass is 16.5. The van der Waals surface area contributed by atoms with Crippen LogP contribution in [0.5, 0.6) is 5.75 Å². The van der Waals surface area contributed by atoms with E-state index < -0.39 is 0 Å². The van der Waals surface area contributed by atoms with E-state index in [0.717, 1.165) is 24.5 Å². The molecule has 0 spiro atoms. The van der Waals surface area contributed by atoms with Crippen molar-refractivity contribution < 1.29 is 4.74 Å². The molecular weight excluding hydrogens is 248 g/mol. The van der Waals surface area contributed by atoms with Crippen molar-refractivity contribution in [1.82, 2.24) is 4.98 Å². The average molecular weight is 268 g/mol. The van der Waals surface area contributed by atoms with Gasteiger partial charge in [0.25, 0.3) is 0 Å². The molecule has 1 N–H and O–H groups in total. The maximum atomic E-state index is 5.32. The highest BCUT2D eigenvalue weighted by Crippen LogP contribution is 2.33. The minimum Gasteiger partial charge on any atom is -0.497 e. The minimum absolute atomic E-state index is 0.562. The molecular formula is C17H20N2O. The lowest BCUT2D eigenvalue weighted by Gasteiger charge is -2.26. The van der Waals surface area contributed by atoms with Crippen LogP contribution >= 0.6 is 0 Å². The zero-order chi connectivity index (χ0) is 13.8. The molecule has 1 aromatic carbocycles. The fourth-order valence-electron chi connectivity index (χ4n) is 2.93. The van der Waals surface area contributed by atoms with Crippen molar-refractivity contribution in [2.45, 2.75) is 25.2 Å². The summed E-state index contributed by atoms with van der Waals surface area (Å²) < 4.78 is 5.32. The first-order valence-corrected chi connectivity index (χ1v) is 7.18. The maximum absolute atomic E-state index is 5.32. The van der Waals surface area contributed by atoms with E-state index in [1.54, 1.807) is 7.11 Å². The third-order valence-electron chi connectivity index (χ3n) is 3.98. The Bertz CT molecular complexity index is 568. The lowest BCUT2D eigenvalue weighted by molar-refractivity contribution is 0.413. The number of methoxy groups -OCH3 is 1. The van der Waals surface area contributed by atoms with Crippen molar-refractivity contribution in [2.24, 2.45) is 0 Å². The monoisotopic (exact) mass is 268 g/mol. The Balaban J connectivity index is 1.73. The molecule has 0 fully saturated rings. The van der Waals surface area contributed by atoms with E-state index in [9.17, 15) is 0 Å². The molecule has 0 radical (unpaired) electrons. The number of aryl methyl sites for hydroxylation is 1. The predicted octanol–water partition coefficient (Wildman–Crippen LogP) is 3.62. The highest BCUT2D eigenvalue weighted by molar-refractivity contribution is 5.41. The summed E-state index contributed by atoms with van der Waals surface area (Å²) >= 11 is 0. The molecule has 3 nitrogen and oxygen atoms in total. The van der Waals surface area contributed by atoms with Gasteiger partial charge in [-0.2, -0.15) is 0 Å². The van der Waals surface area contributed by atoms with Gasteiger partial charge in [0.05, 0.1) is 7.11 Å². The summed E-state index contributed by atoms with van der Waals surface area (Å²) in [6.07, 6.45) is 5.46. The molecule has 1 unspecified atom stereocenters. The Morgan fingerprint density at radius 2 is 2.25 bits per heavy atom. The Morgan fingerprint density at radius 1 is 1.30 bits per heavy atom. The Kier molecular flexibility index (Phi) is 3.86. The summed E-state index contributed by atoms with van der Waals surface area (Å²) in [5.74, 6) is 2.47. The van der Waals surface area contributed by atoms with E-state index in [1.807, 2.05) is 24.4 Å². The van der Waals surface area contributed by atoms with Crippen LogP contribution in [-0.4, -0.2) is 18.6 Å². The largest absolute Gasteiger partial charge is 0.497 e. The van der Waals surface area contributed by atoms with Crippen LogP contribution in [0.3, 0.4) is 0 Å². The van der Waals surface area contributed by atoms with Crippen molar-refractivity contribution in [3.63, 3.8) is 0 Å². The third kappa shape index (κ3) is 2.77. The van der Waals surface area contributed by atoms with Gasteiger partial charge in [0.2, 0.25) is 0 Å². The number of hydrogen-bond acceptors (Lipinski definition) is 3. The number of nitrogens with one attached hydrogen (secondary N) is 1. The minimum atomic E-state index is 0.562. The van der Waals surface area contributed by atoms with Gasteiger partial charge in [-0.3, -0.25) is 0 Å². The molecule has 20 heavy (non-hydrogen) atoms. The normalized spacial score (nSPS) is 17.4. The van der Waals surface area contributed by atoms with Crippen molar-refractivity contribution in [3.05, 3.63) is 53.7 Å². The van der Waals surface area contributed by atoms with Crippen molar-refractivity contribution in [1.29, 1.82) is 0 Å².